The molecule has 0 heterocycles. The van der Waals surface area contributed by atoms with Gasteiger partial charge in [-0.2, -0.15) is 0 Å². The molecule has 0 rings (SSSR count). The van der Waals surface area contributed by atoms with Crippen molar-refractivity contribution in [2.75, 3.05) is 0 Å². The average Bonchev–Trinajstić information content (AvgIpc) is 1.65. The molecule has 2 nitrogen and oxygen atoms in total. The molecule has 38 valence electrons. The molecule has 0 saturated heterocycles. The first-order valence-electron chi connectivity index (χ1n) is 1.98. The van der Waals surface area contributed by atoms with Crippen molar-refractivity contribution in [2.24, 2.45) is 5.16 Å². The molecule has 0 saturated carbocycles. The predicted molar refractivity (Wildman–Crippen MR) is 26.3 cm³/mol. The summed E-state index contributed by atoms with van der Waals surface area (Å²) in [4.78, 5) is 0. The summed E-state index contributed by atoms with van der Waals surface area (Å²) in [5.41, 5.74) is 0.773. The van der Waals surface area contributed by atoms with Gasteiger partial charge in [-0.15, -0.1) is 0 Å². The summed E-state index contributed by atoms with van der Waals surface area (Å²) in [7, 11) is 0. The molecular formula is C4H10NNaO. The van der Waals surface area contributed by atoms with Crippen molar-refractivity contribution in [3.8, 4) is 0 Å². The Morgan fingerprint density at radius 2 is 2.29 bits per heavy atom. The zero-order chi connectivity index (χ0) is 4.99. The Bertz CT molecular complexity index is 67.1. The van der Waals surface area contributed by atoms with Gasteiger partial charge in [-0.25, -0.2) is 0 Å². The third kappa shape index (κ3) is 6.47. The third-order valence-electron chi connectivity index (χ3n) is 0.682. The van der Waals surface area contributed by atoms with E-state index in [9.17, 15) is 0 Å². The van der Waals surface area contributed by atoms with Crippen molar-refractivity contribution in [1.29, 1.82) is 0 Å². The second-order valence-corrected chi connectivity index (χ2v) is 1.19. The van der Waals surface area contributed by atoms with Crippen LogP contribution in [-0.4, -0.2) is 10.9 Å². The van der Waals surface area contributed by atoms with Gasteiger partial charge in [0, 0.05) is 0 Å². The van der Waals surface area contributed by atoms with E-state index in [1.165, 1.54) is 0 Å². The number of nitrogens with zero attached hydrogens (tertiary/aromatic N) is 1. The Labute approximate surface area is 67.4 Å². The Balaban J connectivity index is -0.000000125. The van der Waals surface area contributed by atoms with Crippen LogP contribution in [0.1, 0.15) is 21.7 Å². The van der Waals surface area contributed by atoms with Gasteiger partial charge in [-0.1, -0.05) is 12.1 Å². The molecule has 0 aromatic rings. The standard InChI is InChI=1S/C4H9NO.Na.H/c1-3-4(2)5-6;;/h6H,3H2,1-2H3;;/q;+1;-1. The molecule has 0 radical (unpaired) electrons. The monoisotopic (exact) mass is 111 g/mol. The molecule has 0 aliphatic carbocycles. The second-order valence-electron chi connectivity index (χ2n) is 1.19. The molecular weight excluding hydrogens is 101 g/mol. The van der Waals surface area contributed by atoms with E-state index < -0.39 is 0 Å². The largest absolute Gasteiger partial charge is 1.00 e. The van der Waals surface area contributed by atoms with Crippen LogP contribution in [0, 0.1) is 0 Å². The van der Waals surface area contributed by atoms with Gasteiger partial charge in [0.1, 0.15) is 0 Å². The molecule has 0 spiro atoms. The zero-order valence-corrected chi connectivity index (χ0v) is 7.10. The van der Waals surface area contributed by atoms with Gasteiger partial charge >= 0.3 is 29.6 Å². The van der Waals surface area contributed by atoms with E-state index in [2.05, 4.69) is 5.16 Å². The van der Waals surface area contributed by atoms with Crippen LogP contribution < -0.4 is 29.6 Å². The van der Waals surface area contributed by atoms with Gasteiger partial charge in [-0.3, -0.25) is 0 Å². The fourth-order valence-electron chi connectivity index (χ4n) is 0.0707. The molecule has 0 aliphatic rings. The van der Waals surface area contributed by atoms with Crippen LogP contribution in [0.4, 0.5) is 0 Å². The maximum absolute atomic E-state index is 7.92. The fraction of sp³-hybridized carbons (Fsp3) is 0.750. The second kappa shape index (κ2) is 6.47. The smallest absolute Gasteiger partial charge is 1.00 e. The van der Waals surface area contributed by atoms with Gasteiger partial charge in [0.2, 0.25) is 0 Å². The Hall–Kier alpha value is 0.470. The van der Waals surface area contributed by atoms with Crippen LogP contribution in [0.5, 0.6) is 0 Å². The summed E-state index contributed by atoms with van der Waals surface area (Å²) in [5.74, 6) is 0. The maximum atomic E-state index is 7.92. The van der Waals surface area contributed by atoms with E-state index in [4.69, 9.17) is 5.21 Å². The van der Waals surface area contributed by atoms with Crippen molar-refractivity contribution in [1.82, 2.24) is 0 Å². The Morgan fingerprint density at radius 1 is 1.86 bits per heavy atom. The third-order valence-corrected chi connectivity index (χ3v) is 0.682. The summed E-state index contributed by atoms with van der Waals surface area (Å²) in [5, 5.41) is 10.8. The fourth-order valence-corrected chi connectivity index (χ4v) is 0.0707. The molecule has 0 unspecified atom stereocenters. The number of oxime groups is 1. The summed E-state index contributed by atoms with van der Waals surface area (Å²) in [6.07, 6.45) is 0.830. The SMILES string of the molecule is CCC(C)=NO.[H-].[Na+]. The van der Waals surface area contributed by atoms with Crippen LogP contribution >= 0.6 is 0 Å². The van der Waals surface area contributed by atoms with E-state index in [1.54, 1.807) is 6.92 Å². The van der Waals surface area contributed by atoms with Gasteiger partial charge in [0.05, 0.1) is 5.71 Å². The van der Waals surface area contributed by atoms with Crippen LogP contribution in [0.15, 0.2) is 5.16 Å². The van der Waals surface area contributed by atoms with Gasteiger partial charge in [-0.05, 0) is 13.3 Å². The van der Waals surface area contributed by atoms with Gasteiger partial charge in [0.15, 0.2) is 0 Å². The minimum atomic E-state index is 0. The number of rotatable bonds is 1. The van der Waals surface area contributed by atoms with Crippen molar-refractivity contribution in [2.45, 2.75) is 20.3 Å². The molecule has 0 atom stereocenters. The molecule has 1 N–H and O–H groups in total. The topological polar surface area (TPSA) is 32.6 Å². The molecule has 3 heteroatoms. The molecule has 0 aromatic carbocycles. The number of hydrogen-bond donors (Lipinski definition) is 1. The van der Waals surface area contributed by atoms with Crippen LogP contribution in [0.3, 0.4) is 0 Å². The molecule has 7 heavy (non-hydrogen) atoms. The first-order chi connectivity index (χ1) is 2.81. The minimum Gasteiger partial charge on any atom is -1.00 e. The van der Waals surface area contributed by atoms with Crippen molar-refractivity contribution >= 4 is 5.71 Å². The molecule has 0 aliphatic heterocycles. The summed E-state index contributed by atoms with van der Waals surface area (Å²) in [6, 6.07) is 0. The summed E-state index contributed by atoms with van der Waals surface area (Å²) in [6.45, 7) is 3.72. The molecule has 0 amide bonds. The summed E-state index contributed by atoms with van der Waals surface area (Å²) >= 11 is 0. The van der Waals surface area contributed by atoms with Crippen LogP contribution in [-0.2, 0) is 0 Å². The predicted octanol–water partition coefficient (Wildman–Crippen LogP) is -1.64. The normalized spacial score (nSPS) is 10.3. The van der Waals surface area contributed by atoms with Gasteiger partial charge < -0.3 is 6.63 Å². The van der Waals surface area contributed by atoms with E-state index in [0.29, 0.717) is 0 Å². The molecule has 0 fully saturated rings. The van der Waals surface area contributed by atoms with Crippen LogP contribution in [0.2, 0.25) is 0 Å². The molecule has 0 aromatic heterocycles. The van der Waals surface area contributed by atoms with E-state index in [0.717, 1.165) is 12.1 Å². The Morgan fingerprint density at radius 3 is 2.29 bits per heavy atom. The van der Waals surface area contributed by atoms with Crippen molar-refractivity contribution < 1.29 is 36.2 Å². The maximum Gasteiger partial charge on any atom is 1.00 e. The van der Waals surface area contributed by atoms with E-state index >= 15 is 0 Å². The first-order valence-corrected chi connectivity index (χ1v) is 1.98. The minimum absolute atomic E-state index is 0. The van der Waals surface area contributed by atoms with E-state index in [-0.39, 0.29) is 31.0 Å². The first kappa shape index (κ1) is 10.5. The average molecular weight is 111 g/mol. The van der Waals surface area contributed by atoms with E-state index in [1.807, 2.05) is 6.92 Å². The number of hydrogen-bond acceptors (Lipinski definition) is 2. The van der Waals surface area contributed by atoms with Gasteiger partial charge in [0.25, 0.3) is 0 Å². The Kier molecular flexibility index (Phi) is 9.66. The molecule has 0 bridgehead atoms. The quantitative estimate of drug-likeness (QED) is 0.187. The van der Waals surface area contributed by atoms with Crippen molar-refractivity contribution in [3.63, 3.8) is 0 Å². The van der Waals surface area contributed by atoms with Crippen molar-refractivity contribution in [3.05, 3.63) is 0 Å². The summed E-state index contributed by atoms with van der Waals surface area (Å²) < 4.78 is 0. The van der Waals surface area contributed by atoms with Crippen LogP contribution in [0.25, 0.3) is 0 Å². The zero-order valence-electron chi connectivity index (χ0n) is 6.10.